The van der Waals surface area contributed by atoms with E-state index in [1.54, 1.807) is 25.1 Å². The van der Waals surface area contributed by atoms with Crippen LogP contribution in [0.2, 0.25) is 0 Å². The summed E-state index contributed by atoms with van der Waals surface area (Å²) in [6.45, 7) is 3.26. The van der Waals surface area contributed by atoms with Crippen LogP contribution in [0.25, 0.3) is 0 Å². The van der Waals surface area contributed by atoms with E-state index in [2.05, 4.69) is 0 Å². The third-order valence-electron chi connectivity index (χ3n) is 3.34. The van der Waals surface area contributed by atoms with Gasteiger partial charge in [0, 0.05) is 0 Å². The molecule has 0 saturated heterocycles. The van der Waals surface area contributed by atoms with Crippen LogP contribution < -0.4 is 4.90 Å². The van der Waals surface area contributed by atoms with Crippen molar-refractivity contribution in [3.05, 3.63) is 47.9 Å². The number of ether oxygens (including phenoxy) is 1. The zero-order valence-electron chi connectivity index (χ0n) is 12.6. The fourth-order valence-corrected chi connectivity index (χ4v) is 2.22. The molecule has 1 unspecified atom stereocenters. The molecular formula is C16H17NO5. The minimum atomic E-state index is -0.922. The van der Waals surface area contributed by atoms with Gasteiger partial charge in [0.15, 0.2) is 5.76 Å². The monoisotopic (exact) mass is 303 g/mol. The Morgan fingerprint density at radius 1 is 1.27 bits per heavy atom. The van der Waals surface area contributed by atoms with E-state index < -0.39 is 17.9 Å². The number of hydrogen-bond acceptors (Lipinski definition) is 5. The van der Waals surface area contributed by atoms with Gasteiger partial charge < -0.3 is 14.3 Å². The highest BCUT2D eigenvalue weighted by Gasteiger charge is 2.32. The Bertz CT molecular complexity index is 658. The van der Waals surface area contributed by atoms with E-state index >= 15 is 0 Å². The quantitative estimate of drug-likeness (QED) is 0.878. The summed E-state index contributed by atoms with van der Waals surface area (Å²) in [6, 6.07) is 7.00. The summed E-state index contributed by atoms with van der Waals surface area (Å²) in [7, 11) is 1.24. The van der Waals surface area contributed by atoms with Gasteiger partial charge in [-0.15, -0.1) is 0 Å². The van der Waals surface area contributed by atoms with Crippen LogP contribution in [-0.2, 0) is 9.53 Å². The molecule has 1 aromatic heterocycles. The van der Waals surface area contributed by atoms with Gasteiger partial charge in [-0.2, -0.15) is 0 Å². The Morgan fingerprint density at radius 3 is 2.55 bits per heavy atom. The molecule has 0 aliphatic rings. The van der Waals surface area contributed by atoms with Gasteiger partial charge in [0.1, 0.15) is 11.8 Å². The molecule has 6 heteroatoms. The number of phenols is 1. The summed E-state index contributed by atoms with van der Waals surface area (Å²) >= 11 is 0. The molecule has 2 aromatic rings. The largest absolute Gasteiger partial charge is 0.506 e. The second kappa shape index (κ2) is 6.34. The average Bonchev–Trinajstić information content (AvgIpc) is 3.03. The van der Waals surface area contributed by atoms with Crippen molar-refractivity contribution in [1.29, 1.82) is 0 Å². The number of para-hydroxylation sites is 1. The Labute approximate surface area is 127 Å². The van der Waals surface area contributed by atoms with Crippen molar-refractivity contribution < 1.29 is 23.8 Å². The van der Waals surface area contributed by atoms with Gasteiger partial charge in [0.05, 0.1) is 19.1 Å². The molecule has 0 aliphatic heterocycles. The number of anilines is 1. The second-order valence-corrected chi connectivity index (χ2v) is 4.79. The van der Waals surface area contributed by atoms with Crippen molar-refractivity contribution in [2.45, 2.75) is 19.9 Å². The molecule has 116 valence electrons. The molecule has 1 amide bonds. The summed E-state index contributed by atoms with van der Waals surface area (Å²) in [5.74, 6) is -1.16. The number of carbonyl (C=O) groups excluding carboxylic acids is 2. The number of amides is 1. The predicted octanol–water partition coefficient (Wildman–Crippen LogP) is 2.50. The van der Waals surface area contributed by atoms with Gasteiger partial charge in [-0.25, -0.2) is 4.79 Å². The van der Waals surface area contributed by atoms with E-state index in [1.165, 1.54) is 37.3 Å². The number of esters is 1. The maximum atomic E-state index is 12.7. The van der Waals surface area contributed by atoms with Crippen LogP contribution in [0.3, 0.4) is 0 Å². The summed E-state index contributed by atoms with van der Waals surface area (Å²) in [4.78, 5) is 25.8. The first-order valence-corrected chi connectivity index (χ1v) is 6.70. The summed E-state index contributed by atoms with van der Waals surface area (Å²) in [5, 5.41) is 10.1. The fourth-order valence-electron chi connectivity index (χ4n) is 2.22. The van der Waals surface area contributed by atoms with Crippen molar-refractivity contribution in [3.63, 3.8) is 0 Å². The maximum Gasteiger partial charge on any atom is 0.328 e. The molecule has 0 saturated carbocycles. The minimum Gasteiger partial charge on any atom is -0.506 e. The highest BCUT2D eigenvalue weighted by atomic mass is 16.5. The van der Waals surface area contributed by atoms with E-state index in [4.69, 9.17) is 9.15 Å². The van der Waals surface area contributed by atoms with Crippen molar-refractivity contribution in [2.24, 2.45) is 0 Å². The molecule has 1 atom stereocenters. The summed E-state index contributed by atoms with van der Waals surface area (Å²) in [6.07, 6.45) is 1.37. The standard InChI is InChI=1S/C16H17NO5/c1-10-6-4-7-12(18)14(10)17(11(2)16(20)21-3)15(19)13-8-5-9-22-13/h4-9,11,18H,1-3H3. The molecule has 22 heavy (non-hydrogen) atoms. The topological polar surface area (TPSA) is 80.0 Å². The number of benzene rings is 1. The van der Waals surface area contributed by atoms with Crippen molar-refractivity contribution >= 4 is 17.6 Å². The van der Waals surface area contributed by atoms with Gasteiger partial charge in [-0.1, -0.05) is 12.1 Å². The predicted molar refractivity (Wildman–Crippen MR) is 79.8 cm³/mol. The second-order valence-electron chi connectivity index (χ2n) is 4.79. The maximum absolute atomic E-state index is 12.7. The van der Waals surface area contributed by atoms with Crippen molar-refractivity contribution in [1.82, 2.24) is 0 Å². The van der Waals surface area contributed by atoms with Crippen LogP contribution in [0, 0.1) is 6.92 Å². The number of aryl methyl sites for hydroxylation is 1. The first-order chi connectivity index (χ1) is 10.5. The number of nitrogens with zero attached hydrogens (tertiary/aromatic N) is 1. The highest BCUT2D eigenvalue weighted by Crippen LogP contribution is 2.33. The average molecular weight is 303 g/mol. The third kappa shape index (κ3) is 2.81. The molecule has 0 spiro atoms. The lowest BCUT2D eigenvalue weighted by atomic mass is 10.1. The fraction of sp³-hybridized carbons (Fsp3) is 0.250. The smallest absolute Gasteiger partial charge is 0.328 e. The number of rotatable bonds is 4. The molecule has 1 heterocycles. The van der Waals surface area contributed by atoms with Gasteiger partial charge in [0.2, 0.25) is 0 Å². The molecule has 0 fully saturated rings. The van der Waals surface area contributed by atoms with Gasteiger partial charge in [-0.05, 0) is 37.6 Å². The van der Waals surface area contributed by atoms with Crippen LogP contribution in [0.1, 0.15) is 23.0 Å². The number of carbonyl (C=O) groups is 2. The minimum absolute atomic E-state index is 0.0680. The number of aromatic hydroxyl groups is 1. The summed E-state index contributed by atoms with van der Waals surface area (Å²) < 4.78 is 9.83. The highest BCUT2D eigenvalue weighted by molar-refractivity contribution is 6.08. The van der Waals surface area contributed by atoms with E-state index in [0.29, 0.717) is 5.56 Å². The Morgan fingerprint density at radius 2 is 2.00 bits per heavy atom. The van der Waals surface area contributed by atoms with Gasteiger partial charge in [0.25, 0.3) is 5.91 Å². The lowest BCUT2D eigenvalue weighted by molar-refractivity contribution is -0.141. The van der Waals surface area contributed by atoms with Crippen LogP contribution in [0.15, 0.2) is 41.0 Å². The lowest BCUT2D eigenvalue weighted by Crippen LogP contribution is -2.44. The van der Waals surface area contributed by atoms with E-state index in [9.17, 15) is 14.7 Å². The Hall–Kier alpha value is -2.76. The molecule has 0 bridgehead atoms. The number of hydrogen-bond donors (Lipinski definition) is 1. The number of furan rings is 1. The zero-order chi connectivity index (χ0) is 16.3. The SMILES string of the molecule is COC(=O)C(C)N(C(=O)c1ccco1)c1c(C)cccc1O. The molecule has 1 N–H and O–H groups in total. The van der Waals surface area contributed by atoms with Crippen LogP contribution >= 0.6 is 0 Å². The lowest BCUT2D eigenvalue weighted by Gasteiger charge is -2.28. The van der Waals surface area contributed by atoms with Gasteiger partial charge >= 0.3 is 5.97 Å². The van der Waals surface area contributed by atoms with E-state index in [-0.39, 0.29) is 17.2 Å². The Balaban J connectivity index is 2.55. The molecule has 0 aliphatic carbocycles. The molecular weight excluding hydrogens is 286 g/mol. The normalized spacial score (nSPS) is 11.8. The van der Waals surface area contributed by atoms with Crippen molar-refractivity contribution in [2.75, 3.05) is 12.0 Å². The zero-order valence-corrected chi connectivity index (χ0v) is 12.6. The van der Waals surface area contributed by atoms with Gasteiger partial charge in [-0.3, -0.25) is 9.69 Å². The molecule has 1 aromatic carbocycles. The van der Waals surface area contributed by atoms with E-state index in [1.807, 2.05) is 0 Å². The number of phenolic OH excluding ortho intramolecular Hbond substituents is 1. The van der Waals surface area contributed by atoms with Crippen LogP contribution in [0.5, 0.6) is 5.75 Å². The first kappa shape index (κ1) is 15.6. The molecule has 0 radical (unpaired) electrons. The number of methoxy groups -OCH3 is 1. The van der Waals surface area contributed by atoms with Crippen molar-refractivity contribution in [3.8, 4) is 5.75 Å². The van der Waals surface area contributed by atoms with E-state index in [0.717, 1.165) is 0 Å². The van der Waals surface area contributed by atoms with Crippen LogP contribution in [0.4, 0.5) is 5.69 Å². The third-order valence-corrected chi connectivity index (χ3v) is 3.34. The first-order valence-electron chi connectivity index (χ1n) is 6.70. The molecule has 6 nitrogen and oxygen atoms in total. The van der Waals surface area contributed by atoms with Crippen LogP contribution in [-0.4, -0.2) is 30.1 Å². The summed E-state index contributed by atoms with van der Waals surface area (Å²) in [5.41, 5.74) is 0.900. The Kier molecular flexibility index (Phi) is 4.50. The molecule has 2 rings (SSSR count).